The number of hydrogen-bond donors (Lipinski definition) is 0. The summed E-state index contributed by atoms with van der Waals surface area (Å²) in [4.78, 5) is 0. The first kappa shape index (κ1) is 16.3. The molecule has 0 rings (SSSR count). The summed E-state index contributed by atoms with van der Waals surface area (Å²) in [5.41, 5.74) is 0. The van der Waals surface area contributed by atoms with E-state index in [0.717, 1.165) is 0 Å². The number of rotatable bonds is 0. The Bertz CT molecular complexity index is 456. The van der Waals surface area contributed by atoms with Crippen LogP contribution in [0.4, 0.5) is 0 Å². The number of hydrogen-bond acceptors (Lipinski definition) is 0. The molecule has 0 saturated carbocycles. The summed E-state index contributed by atoms with van der Waals surface area (Å²) in [6, 6.07) is 0. The average Bonchev–Trinajstić information content (AvgIpc) is 0.722. The van der Waals surface area contributed by atoms with Crippen molar-refractivity contribution in [3.63, 3.8) is 0 Å². The van der Waals surface area contributed by atoms with Crippen LogP contribution >= 0.6 is 0 Å². The third-order valence-corrected chi connectivity index (χ3v) is 0. The summed E-state index contributed by atoms with van der Waals surface area (Å²) >= 11 is -3.18. The maximum atomic E-state index is 4.90. The van der Waals surface area contributed by atoms with Crippen LogP contribution in [0.5, 0.6) is 0 Å². The minimum Gasteiger partial charge on any atom is 0 e. The Kier molecular flexibility index (Phi) is 15.5. The van der Waals surface area contributed by atoms with Crippen molar-refractivity contribution in [3.05, 3.63) is 0 Å². The topological polar surface area (TPSA) is 0 Å². The maximum Gasteiger partial charge on any atom is 0 e. The van der Waals surface area contributed by atoms with Gasteiger partial charge in [0.05, 0.1) is 0 Å². The molecule has 26 valence electrons. The molecular weight excluding hydrogens is 366 g/mol. The minimum absolute atomic E-state index is 0. The third kappa shape index (κ3) is 56.5. The molecule has 0 unspecified atom stereocenters. The summed E-state index contributed by atoms with van der Waals surface area (Å²) < 4.78 is 19.6. The molecule has 0 aromatic heterocycles. The van der Waals surface area contributed by atoms with Crippen LogP contribution in [-0.2, 0) is 59.2 Å². The van der Waals surface area contributed by atoms with E-state index in [0.29, 0.717) is 0 Å². The second kappa shape index (κ2) is 6.66. The van der Waals surface area contributed by atoms with Gasteiger partial charge in [0, 0.05) is 42.8 Å². The van der Waals surface area contributed by atoms with Crippen LogP contribution in [0.2, 0.25) is 0 Å². The third-order valence-electron chi connectivity index (χ3n) is 0. The fraction of sp³-hybridized carbons (Fsp3) is 0. The Hall–Kier alpha value is 2.55. The van der Waals surface area contributed by atoms with E-state index >= 15 is 0 Å². The molecule has 0 atom stereocenters. The van der Waals surface area contributed by atoms with E-state index in [1.807, 2.05) is 0 Å². The van der Waals surface area contributed by atoms with Gasteiger partial charge in [-0.15, -0.1) is 0 Å². The predicted molar refractivity (Wildman–Crippen MR) is 23.0 cm³/mol. The molecule has 0 bridgehead atoms. The summed E-state index contributed by atoms with van der Waals surface area (Å²) in [6.07, 6.45) is 0. The zero-order chi connectivity index (χ0) is 4.50. The van der Waals surface area contributed by atoms with Crippen LogP contribution in [0.1, 0.15) is 0 Å². The molecule has 7 heteroatoms. The van der Waals surface area contributed by atoms with E-state index in [4.69, 9.17) is 18.9 Å². The van der Waals surface area contributed by atoms with Gasteiger partial charge in [-0.3, -0.25) is 0 Å². The molecule has 7 heavy (non-hydrogen) atoms. The molecule has 0 amide bonds. The van der Waals surface area contributed by atoms with Crippen molar-refractivity contribution in [1.82, 2.24) is 0 Å². The molecule has 0 nitrogen and oxygen atoms in total. The van der Waals surface area contributed by atoms with Crippen LogP contribution < -0.4 is 0 Å². The first-order valence-corrected chi connectivity index (χ1v) is 6.83. The van der Waals surface area contributed by atoms with Gasteiger partial charge in [0.25, 0.3) is 0 Å². The van der Waals surface area contributed by atoms with Crippen molar-refractivity contribution in [2.45, 2.75) is 0 Å². The summed E-state index contributed by atoms with van der Waals surface area (Å²) in [6.45, 7) is 0. The normalized spacial score (nSPS) is 11.4. The molecule has 0 spiro atoms. The van der Waals surface area contributed by atoms with E-state index in [1.54, 1.807) is 0 Å². The first-order chi connectivity index (χ1) is 2.00. The Labute approximate surface area is 76.8 Å². The van der Waals surface area contributed by atoms with Gasteiger partial charge in [-0.1, -0.05) is 0 Å². The molecule has 0 N–H and O–H groups in total. The van der Waals surface area contributed by atoms with Crippen molar-refractivity contribution < 1.29 is 59.2 Å². The van der Waals surface area contributed by atoms with Crippen molar-refractivity contribution in [3.8, 4) is 0 Å². The molecule has 0 fully saturated rings. The van der Waals surface area contributed by atoms with Gasteiger partial charge in [0.1, 0.15) is 0 Å². The van der Waals surface area contributed by atoms with Gasteiger partial charge in [-0.05, 0) is 0 Å². The molecule has 0 aliphatic rings. The van der Waals surface area contributed by atoms with E-state index in [1.165, 1.54) is 0 Å². The van der Waals surface area contributed by atoms with E-state index in [-0.39, 0.29) is 42.8 Å². The largest absolute Gasteiger partial charge is 0 e. The van der Waals surface area contributed by atoms with Crippen LogP contribution in [0.15, 0.2) is 0 Å². The van der Waals surface area contributed by atoms with Crippen molar-refractivity contribution >= 4 is 18.9 Å². The fourth-order valence-electron chi connectivity index (χ4n) is 0. The molecule has 0 aliphatic heterocycles. The standard InChI is InChI=1S/4B.Ti.W.Zr. The maximum absolute atomic E-state index is 4.90. The van der Waals surface area contributed by atoms with Gasteiger partial charge in [0.2, 0.25) is 0 Å². The van der Waals surface area contributed by atoms with Gasteiger partial charge < -0.3 is 0 Å². The van der Waals surface area contributed by atoms with Gasteiger partial charge in [0.15, 0.2) is 0 Å². The molecular formula is B4TiWZr. The minimum atomic E-state index is -3.18. The van der Waals surface area contributed by atoms with Gasteiger partial charge in [-0.25, -0.2) is 0 Å². The summed E-state index contributed by atoms with van der Waals surface area (Å²) in [5, 5.41) is 0. The fourth-order valence-corrected chi connectivity index (χ4v) is 0. The Balaban J connectivity index is -0.0000000800. The second-order valence-corrected chi connectivity index (χ2v) is 5.92. The molecule has 0 aromatic carbocycles. The Morgan fingerprint density at radius 1 is 0.857 bits per heavy atom. The Morgan fingerprint density at radius 3 is 0.857 bits per heavy atom. The van der Waals surface area contributed by atoms with Gasteiger partial charge in [-0.2, -0.15) is 0 Å². The van der Waals surface area contributed by atoms with Crippen molar-refractivity contribution in [1.29, 1.82) is 0 Å². The predicted octanol–water partition coefficient (Wildman–Crippen LogP) is -1.53. The molecule has 0 aliphatic carbocycles. The van der Waals surface area contributed by atoms with E-state index in [2.05, 4.69) is 0 Å². The summed E-state index contributed by atoms with van der Waals surface area (Å²) in [7, 11) is 0. The SMILES string of the molecule is [B]#[Zr](#[B])(#[B])#[B].[Ti].[W]. The zero-order valence-corrected chi connectivity index (χ0v) is 10.7. The smallest absolute Gasteiger partial charge is 0 e. The Morgan fingerprint density at radius 2 is 0.857 bits per heavy atom. The van der Waals surface area contributed by atoms with Crippen molar-refractivity contribution in [2.75, 3.05) is 0 Å². The average molecular weight is 366 g/mol. The van der Waals surface area contributed by atoms with Crippen molar-refractivity contribution in [2.24, 2.45) is 0 Å². The quantitative estimate of drug-likeness (QED) is 0.457. The second-order valence-electron chi connectivity index (χ2n) is 1.00. The van der Waals surface area contributed by atoms with Crippen LogP contribution in [0.25, 0.3) is 0 Å². The first-order valence-electron chi connectivity index (χ1n) is 1.15. The van der Waals surface area contributed by atoms with Crippen LogP contribution in [0, 0.1) is 0 Å². The van der Waals surface area contributed by atoms with E-state index < -0.39 is 16.5 Å². The molecule has 0 saturated heterocycles. The van der Waals surface area contributed by atoms with Crippen LogP contribution in [0.3, 0.4) is 0 Å². The summed E-state index contributed by atoms with van der Waals surface area (Å²) in [5.74, 6) is 0. The van der Waals surface area contributed by atoms with Crippen LogP contribution in [-0.4, -0.2) is 18.9 Å². The molecule has 0 heterocycles. The van der Waals surface area contributed by atoms with E-state index in [9.17, 15) is 0 Å². The monoisotopic (exact) mass is 366 g/mol. The molecule has 0 radical (unpaired) electrons. The zero-order valence-electron chi connectivity index (χ0n) is 3.72. The molecule has 0 aromatic rings. The van der Waals surface area contributed by atoms with Gasteiger partial charge >= 0.3 is 35.4 Å².